The minimum Gasteiger partial charge on any atom is -0.507 e. The average Bonchev–Trinajstić information content (AvgIpc) is 3.01. The van der Waals surface area contributed by atoms with Gasteiger partial charge < -0.3 is 14.8 Å². The second-order valence-electron chi connectivity index (χ2n) is 8.54. The van der Waals surface area contributed by atoms with Crippen LogP contribution in [0.15, 0.2) is 57.9 Å². The van der Waals surface area contributed by atoms with E-state index >= 15 is 0 Å². The number of halogens is 1. The first-order valence-corrected chi connectivity index (χ1v) is 12.5. The molecule has 0 aliphatic heterocycles. The zero-order valence-electron chi connectivity index (χ0n) is 19.1. The Bertz CT molecular complexity index is 1350. The second kappa shape index (κ2) is 9.27. The first kappa shape index (κ1) is 23.5. The zero-order chi connectivity index (χ0) is 23.9. The molecule has 0 spiro atoms. The molecule has 33 heavy (non-hydrogen) atoms. The predicted molar refractivity (Wildman–Crippen MR) is 139 cm³/mol. The fraction of sp³-hybridized carbons (Fsp3) is 0.222. The highest BCUT2D eigenvalue weighted by atomic mass is 79.9. The molecule has 0 fully saturated rings. The Kier molecular flexibility index (Phi) is 6.59. The molecule has 1 heterocycles. The molecular formula is C27H26BrNO3S. The van der Waals surface area contributed by atoms with E-state index in [1.54, 1.807) is 17.8 Å². The number of rotatable bonds is 6. The number of benzene rings is 3. The summed E-state index contributed by atoms with van der Waals surface area (Å²) >= 11 is 5.06. The van der Waals surface area contributed by atoms with Gasteiger partial charge in [-0.05, 0) is 72.4 Å². The van der Waals surface area contributed by atoms with Gasteiger partial charge in [0.05, 0.1) is 15.6 Å². The molecular weight excluding hydrogens is 498 g/mol. The summed E-state index contributed by atoms with van der Waals surface area (Å²) in [5.41, 5.74) is 7.63. The number of aryl methyl sites for hydroxylation is 4. The van der Waals surface area contributed by atoms with E-state index in [1.165, 1.54) is 27.1 Å². The molecule has 3 aromatic carbocycles. The van der Waals surface area contributed by atoms with E-state index in [0.717, 1.165) is 16.8 Å². The van der Waals surface area contributed by atoms with Crippen LogP contribution >= 0.6 is 27.7 Å². The van der Waals surface area contributed by atoms with E-state index in [-0.39, 0.29) is 11.3 Å². The number of thioether (sulfide) groups is 1. The summed E-state index contributed by atoms with van der Waals surface area (Å²) < 4.78 is 2.61. The molecule has 1 aromatic heterocycles. The Morgan fingerprint density at radius 3 is 2.21 bits per heavy atom. The molecule has 0 bridgehead atoms. The molecule has 2 N–H and O–H groups in total. The van der Waals surface area contributed by atoms with Gasteiger partial charge in [0, 0.05) is 28.3 Å². The number of phenolic OH excluding ortho intramolecular Hbond substituents is 1. The molecule has 4 aromatic rings. The van der Waals surface area contributed by atoms with Gasteiger partial charge in [-0.1, -0.05) is 47.5 Å². The summed E-state index contributed by atoms with van der Waals surface area (Å²) in [5, 5.41) is 21.0. The second-order valence-corrected chi connectivity index (χ2v) is 10.4. The van der Waals surface area contributed by atoms with Crippen LogP contribution in [-0.4, -0.2) is 20.7 Å². The normalized spacial score (nSPS) is 11.3. The Morgan fingerprint density at radius 1 is 0.970 bits per heavy atom. The smallest absolute Gasteiger partial charge is 0.338 e. The van der Waals surface area contributed by atoms with Gasteiger partial charge in [0.2, 0.25) is 0 Å². The first-order chi connectivity index (χ1) is 15.7. The van der Waals surface area contributed by atoms with Gasteiger partial charge in [0.1, 0.15) is 5.75 Å². The van der Waals surface area contributed by atoms with Crippen LogP contribution in [0.4, 0.5) is 0 Å². The maximum Gasteiger partial charge on any atom is 0.338 e. The number of aromatic carboxylic acids is 1. The van der Waals surface area contributed by atoms with Crippen LogP contribution in [0.2, 0.25) is 0 Å². The van der Waals surface area contributed by atoms with Crippen LogP contribution in [0.25, 0.3) is 10.9 Å². The zero-order valence-corrected chi connectivity index (χ0v) is 21.5. The minimum atomic E-state index is -0.989. The number of aromatic hydroxyl groups is 1. The lowest BCUT2D eigenvalue weighted by molar-refractivity contribution is 0.0698. The average molecular weight is 524 g/mol. The van der Waals surface area contributed by atoms with E-state index < -0.39 is 5.97 Å². The van der Waals surface area contributed by atoms with Crippen LogP contribution in [0.3, 0.4) is 0 Å². The molecule has 0 saturated heterocycles. The quantitative estimate of drug-likeness (QED) is 0.258. The largest absolute Gasteiger partial charge is 0.507 e. The Labute approximate surface area is 206 Å². The van der Waals surface area contributed by atoms with Gasteiger partial charge in [0.25, 0.3) is 0 Å². The first-order valence-electron chi connectivity index (χ1n) is 10.7. The summed E-state index contributed by atoms with van der Waals surface area (Å²) in [6.45, 7) is 8.87. The van der Waals surface area contributed by atoms with Crippen LogP contribution in [0.5, 0.6) is 5.75 Å². The fourth-order valence-corrected chi connectivity index (χ4v) is 5.88. The van der Waals surface area contributed by atoms with Crippen LogP contribution in [0.1, 0.15) is 43.9 Å². The lowest BCUT2D eigenvalue weighted by Crippen LogP contribution is -2.08. The maximum atomic E-state index is 12.4. The van der Waals surface area contributed by atoms with Gasteiger partial charge >= 0.3 is 5.97 Å². The third-order valence-electron chi connectivity index (χ3n) is 5.87. The number of carbonyl (C=O) groups is 1. The maximum absolute atomic E-state index is 12.4. The topological polar surface area (TPSA) is 62.5 Å². The van der Waals surface area contributed by atoms with E-state index in [4.69, 9.17) is 0 Å². The fourth-order valence-electron chi connectivity index (χ4n) is 4.39. The summed E-state index contributed by atoms with van der Waals surface area (Å²) in [5.74, 6) is -0.454. The molecule has 4 nitrogen and oxygen atoms in total. The minimum absolute atomic E-state index is 0.0295. The molecule has 0 aliphatic carbocycles. The lowest BCUT2D eigenvalue weighted by Gasteiger charge is -2.15. The van der Waals surface area contributed by atoms with Crippen LogP contribution < -0.4 is 0 Å². The standard InChI is InChI=1S/C27H26BrNO3S/c1-15-5-7-19(8-6-15)13-29-22-12-21(28)24(30)11-20(22)25(27(31)32)23(29)14-33-26-17(3)9-16(2)10-18(26)4/h5-12,30H,13-14H2,1-4H3,(H,31,32). The molecule has 0 atom stereocenters. The molecule has 0 aliphatic rings. The third-order valence-corrected chi connectivity index (χ3v) is 7.86. The van der Waals surface area contributed by atoms with E-state index in [2.05, 4.69) is 77.7 Å². The molecule has 6 heteroatoms. The number of nitrogens with zero attached hydrogens (tertiary/aromatic N) is 1. The van der Waals surface area contributed by atoms with Crippen molar-refractivity contribution in [2.24, 2.45) is 0 Å². The van der Waals surface area contributed by atoms with Crippen molar-refractivity contribution < 1.29 is 15.0 Å². The number of carboxylic acids is 1. The monoisotopic (exact) mass is 523 g/mol. The molecule has 0 saturated carbocycles. The summed E-state index contributed by atoms with van der Waals surface area (Å²) in [4.78, 5) is 13.6. The Hall–Kier alpha value is -2.70. The van der Waals surface area contributed by atoms with E-state index in [9.17, 15) is 15.0 Å². The van der Waals surface area contributed by atoms with Crippen molar-refractivity contribution in [1.29, 1.82) is 0 Å². The van der Waals surface area contributed by atoms with Crippen molar-refractivity contribution in [3.05, 3.63) is 92.1 Å². The van der Waals surface area contributed by atoms with Gasteiger partial charge in [-0.2, -0.15) is 0 Å². The summed E-state index contributed by atoms with van der Waals surface area (Å²) in [7, 11) is 0. The molecule has 170 valence electrons. The van der Waals surface area contributed by atoms with Gasteiger partial charge in [-0.3, -0.25) is 0 Å². The summed E-state index contributed by atoms with van der Waals surface area (Å²) in [6, 6.07) is 15.9. The predicted octanol–water partition coefficient (Wildman–Crippen LogP) is 7.38. The van der Waals surface area contributed by atoms with E-state index in [0.29, 0.717) is 22.2 Å². The van der Waals surface area contributed by atoms with Crippen molar-refractivity contribution >= 4 is 44.6 Å². The number of fused-ring (bicyclic) bond motifs is 1. The lowest BCUT2D eigenvalue weighted by atomic mass is 10.1. The van der Waals surface area contributed by atoms with Crippen molar-refractivity contribution in [2.75, 3.05) is 0 Å². The van der Waals surface area contributed by atoms with E-state index in [1.807, 2.05) is 13.0 Å². The molecule has 4 rings (SSSR count). The summed E-state index contributed by atoms with van der Waals surface area (Å²) in [6.07, 6.45) is 0. The number of hydrogen-bond acceptors (Lipinski definition) is 3. The third kappa shape index (κ3) is 4.68. The SMILES string of the molecule is Cc1ccc(Cn2c(CSc3c(C)cc(C)cc3C)c(C(=O)O)c3cc(O)c(Br)cc32)cc1. The molecule has 0 unspecified atom stereocenters. The highest BCUT2D eigenvalue weighted by Gasteiger charge is 2.24. The number of aromatic nitrogens is 1. The van der Waals surface area contributed by atoms with Crippen LogP contribution in [-0.2, 0) is 12.3 Å². The van der Waals surface area contributed by atoms with Crippen LogP contribution in [0, 0.1) is 27.7 Å². The number of carboxylic acid groups (broad SMARTS) is 1. The highest BCUT2D eigenvalue weighted by molar-refractivity contribution is 9.10. The number of phenols is 1. The van der Waals surface area contributed by atoms with Crippen molar-refractivity contribution in [1.82, 2.24) is 4.57 Å². The van der Waals surface area contributed by atoms with Gasteiger partial charge in [0.15, 0.2) is 0 Å². The van der Waals surface area contributed by atoms with Crippen molar-refractivity contribution in [2.45, 2.75) is 44.9 Å². The molecule has 0 amide bonds. The van der Waals surface area contributed by atoms with Gasteiger partial charge in [-0.15, -0.1) is 11.8 Å². The highest BCUT2D eigenvalue weighted by Crippen LogP contribution is 2.38. The number of hydrogen-bond donors (Lipinski definition) is 2. The van der Waals surface area contributed by atoms with Crippen molar-refractivity contribution in [3.63, 3.8) is 0 Å². The Morgan fingerprint density at radius 2 is 1.61 bits per heavy atom. The van der Waals surface area contributed by atoms with Crippen molar-refractivity contribution in [3.8, 4) is 5.75 Å². The molecule has 0 radical (unpaired) electrons. The van der Waals surface area contributed by atoms with Gasteiger partial charge in [-0.25, -0.2) is 4.79 Å². The Balaban J connectivity index is 1.88.